The number of aliphatic hydroxyl groups excluding tert-OH is 1. The first-order valence-corrected chi connectivity index (χ1v) is 2.94. The zero-order chi connectivity index (χ0) is 7.02. The number of imide groups is 1. The van der Waals surface area contributed by atoms with Gasteiger partial charge in [-0.1, -0.05) is 0 Å². The summed E-state index contributed by atoms with van der Waals surface area (Å²) in [6.45, 7) is 0. The van der Waals surface area contributed by atoms with Crippen molar-refractivity contribution in [3.8, 4) is 0 Å². The maximum absolute atomic E-state index is 10.5. The van der Waals surface area contributed by atoms with E-state index >= 15 is 0 Å². The van der Waals surface area contributed by atoms with Crippen molar-refractivity contribution in [3.05, 3.63) is 0 Å². The van der Waals surface area contributed by atoms with E-state index in [1.54, 1.807) is 0 Å². The lowest BCUT2D eigenvalue weighted by Crippen LogP contribution is -2.21. The summed E-state index contributed by atoms with van der Waals surface area (Å²) in [5.74, 6) is -0.887. The number of carbonyl (C=O) groups is 2. The molecule has 0 aromatic heterocycles. The molecule has 2 unspecified atom stereocenters. The SMILES string of the molecule is O=C1CC(O)C(=O)N1P. The molecule has 2 atom stereocenters. The van der Waals surface area contributed by atoms with Gasteiger partial charge in [0.2, 0.25) is 5.91 Å². The minimum Gasteiger partial charge on any atom is -0.383 e. The molecule has 9 heavy (non-hydrogen) atoms. The van der Waals surface area contributed by atoms with Crippen LogP contribution in [0.4, 0.5) is 0 Å². The van der Waals surface area contributed by atoms with Crippen LogP contribution in [0.25, 0.3) is 0 Å². The van der Waals surface area contributed by atoms with Crippen LogP contribution in [-0.4, -0.2) is 27.7 Å². The Balaban J connectivity index is 2.77. The molecule has 0 bridgehead atoms. The molecule has 0 saturated carbocycles. The van der Waals surface area contributed by atoms with E-state index in [0.29, 0.717) is 0 Å². The second kappa shape index (κ2) is 2.05. The van der Waals surface area contributed by atoms with Crippen molar-refractivity contribution in [2.75, 3.05) is 0 Å². The molecule has 1 N–H and O–H groups in total. The highest BCUT2D eigenvalue weighted by atomic mass is 31.0. The van der Waals surface area contributed by atoms with Crippen molar-refractivity contribution < 1.29 is 14.7 Å². The number of amides is 2. The third-order valence-electron chi connectivity index (χ3n) is 1.16. The molecule has 0 aromatic carbocycles. The number of rotatable bonds is 0. The molecule has 5 heteroatoms. The van der Waals surface area contributed by atoms with Crippen LogP contribution in [0.5, 0.6) is 0 Å². The van der Waals surface area contributed by atoms with Gasteiger partial charge in [0, 0.05) is 0 Å². The van der Waals surface area contributed by atoms with Crippen LogP contribution in [0, 0.1) is 0 Å². The lowest BCUT2D eigenvalue weighted by Gasteiger charge is -2.02. The first-order chi connectivity index (χ1) is 4.13. The molecule has 1 rings (SSSR count). The summed E-state index contributed by atoms with van der Waals surface area (Å²) < 4.78 is 0.852. The van der Waals surface area contributed by atoms with Crippen LogP contribution in [0.3, 0.4) is 0 Å². The quantitative estimate of drug-likeness (QED) is 0.349. The Bertz CT molecular complexity index is 169. The van der Waals surface area contributed by atoms with E-state index in [9.17, 15) is 9.59 Å². The van der Waals surface area contributed by atoms with E-state index in [0.717, 1.165) is 4.67 Å². The second-order valence-electron chi connectivity index (χ2n) is 1.82. The first-order valence-electron chi connectivity index (χ1n) is 2.42. The van der Waals surface area contributed by atoms with Crippen molar-refractivity contribution >= 4 is 21.2 Å². The van der Waals surface area contributed by atoms with Crippen LogP contribution in [0.15, 0.2) is 0 Å². The monoisotopic (exact) mass is 147 g/mol. The van der Waals surface area contributed by atoms with Crippen LogP contribution in [0.1, 0.15) is 6.42 Å². The van der Waals surface area contributed by atoms with Gasteiger partial charge < -0.3 is 5.11 Å². The fraction of sp³-hybridized carbons (Fsp3) is 0.500. The zero-order valence-corrected chi connectivity index (χ0v) is 5.73. The number of hydrogen-bond acceptors (Lipinski definition) is 3. The molecular weight excluding hydrogens is 141 g/mol. The average molecular weight is 147 g/mol. The molecule has 0 radical (unpaired) electrons. The molecule has 4 nitrogen and oxygen atoms in total. The third kappa shape index (κ3) is 0.955. The van der Waals surface area contributed by atoms with Crippen LogP contribution >= 0.6 is 9.39 Å². The molecule has 0 aliphatic carbocycles. The summed E-state index contributed by atoms with van der Waals surface area (Å²) in [7, 11) is 1.95. The first kappa shape index (κ1) is 6.65. The van der Waals surface area contributed by atoms with Gasteiger partial charge in [0.25, 0.3) is 5.91 Å². The van der Waals surface area contributed by atoms with E-state index in [4.69, 9.17) is 5.11 Å². The summed E-state index contributed by atoms with van der Waals surface area (Å²) in [6, 6.07) is 0. The lowest BCUT2D eigenvalue weighted by atomic mass is 10.3. The minimum atomic E-state index is -1.12. The lowest BCUT2D eigenvalue weighted by molar-refractivity contribution is -0.134. The molecule has 1 fully saturated rings. The maximum atomic E-state index is 10.5. The number of hydrogen-bond donors (Lipinski definition) is 1. The fourth-order valence-corrected chi connectivity index (χ4v) is 0.912. The zero-order valence-electron chi connectivity index (χ0n) is 4.57. The van der Waals surface area contributed by atoms with Crippen LogP contribution in [0.2, 0.25) is 0 Å². The summed E-state index contributed by atoms with van der Waals surface area (Å²) in [5, 5.41) is 8.71. The second-order valence-corrected chi connectivity index (χ2v) is 2.34. The topological polar surface area (TPSA) is 57.6 Å². The van der Waals surface area contributed by atoms with Gasteiger partial charge in [-0.25, -0.2) is 0 Å². The summed E-state index contributed by atoms with van der Waals surface area (Å²) in [6.07, 6.45) is -1.20. The highest BCUT2D eigenvalue weighted by molar-refractivity contribution is 7.16. The van der Waals surface area contributed by atoms with Crippen molar-refractivity contribution in [2.24, 2.45) is 0 Å². The van der Waals surface area contributed by atoms with E-state index < -0.39 is 12.0 Å². The third-order valence-corrected chi connectivity index (χ3v) is 1.70. The molecule has 0 spiro atoms. The smallest absolute Gasteiger partial charge is 0.261 e. The van der Waals surface area contributed by atoms with Gasteiger partial charge in [0.05, 0.1) is 6.42 Å². The van der Waals surface area contributed by atoms with Crippen LogP contribution in [-0.2, 0) is 9.59 Å². The number of nitrogens with zero attached hydrogens (tertiary/aromatic N) is 1. The van der Waals surface area contributed by atoms with E-state index in [1.807, 2.05) is 9.39 Å². The van der Waals surface area contributed by atoms with Gasteiger partial charge in [0.15, 0.2) is 0 Å². The molecule has 1 aliphatic heterocycles. The van der Waals surface area contributed by atoms with E-state index in [1.165, 1.54) is 0 Å². The molecule has 1 aliphatic rings. The molecule has 1 heterocycles. The Hall–Kier alpha value is -0.470. The Labute approximate surface area is 54.1 Å². The van der Waals surface area contributed by atoms with E-state index in [2.05, 4.69) is 0 Å². The highest BCUT2D eigenvalue weighted by Gasteiger charge is 2.34. The Morgan fingerprint density at radius 2 is 2.22 bits per heavy atom. The van der Waals surface area contributed by atoms with Gasteiger partial charge in [-0.05, 0) is 9.39 Å². The van der Waals surface area contributed by atoms with Crippen LogP contribution < -0.4 is 0 Å². The van der Waals surface area contributed by atoms with Gasteiger partial charge in [-0.15, -0.1) is 0 Å². The van der Waals surface area contributed by atoms with Gasteiger partial charge >= 0.3 is 0 Å². The molecule has 1 saturated heterocycles. The summed E-state index contributed by atoms with van der Waals surface area (Å²) >= 11 is 0. The van der Waals surface area contributed by atoms with Crippen molar-refractivity contribution in [1.29, 1.82) is 0 Å². The molecule has 50 valence electrons. The van der Waals surface area contributed by atoms with Gasteiger partial charge in [-0.2, -0.15) is 0 Å². The predicted molar refractivity (Wildman–Crippen MR) is 32.2 cm³/mol. The highest BCUT2D eigenvalue weighted by Crippen LogP contribution is 2.15. The van der Waals surface area contributed by atoms with Crippen molar-refractivity contribution in [1.82, 2.24) is 4.67 Å². The average Bonchev–Trinajstić information content (AvgIpc) is 1.98. The van der Waals surface area contributed by atoms with Crippen molar-refractivity contribution in [3.63, 3.8) is 0 Å². The Morgan fingerprint density at radius 1 is 1.67 bits per heavy atom. The predicted octanol–water partition coefficient (Wildman–Crippen LogP) is -1.10. The largest absolute Gasteiger partial charge is 0.383 e. The summed E-state index contributed by atoms with van der Waals surface area (Å²) in [5.41, 5.74) is 0. The normalized spacial score (nSPS) is 27.8. The number of aliphatic hydroxyl groups is 1. The Kier molecular flexibility index (Phi) is 1.51. The molecule has 2 amide bonds. The van der Waals surface area contributed by atoms with Crippen molar-refractivity contribution in [2.45, 2.75) is 12.5 Å². The summed E-state index contributed by atoms with van der Waals surface area (Å²) in [4.78, 5) is 21.1. The number of carbonyl (C=O) groups excluding carboxylic acids is 2. The van der Waals surface area contributed by atoms with E-state index in [-0.39, 0.29) is 12.3 Å². The fourth-order valence-electron chi connectivity index (χ4n) is 0.635. The minimum absolute atomic E-state index is 0.0810. The Morgan fingerprint density at radius 3 is 2.33 bits per heavy atom. The van der Waals surface area contributed by atoms with Gasteiger partial charge in [0.1, 0.15) is 6.10 Å². The molecule has 0 aromatic rings. The van der Waals surface area contributed by atoms with Gasteiger partial charge in [-0.3, -0.25) is 14.3 Å². The maximum Gasteiger partial charge on any atom is 0.261 e. The molecular formula is C4H6NO3P. The standard InChI is InChI=1S/C4H6NO3P/c6-2-1-3(7)5(9)4(2)8/h2,6H,1,9H2.